The molecule has 1 unspecified atom stereocenters. The predicted octanol–water partition coefficient (Wildman–Crippen LogP) is 1.07. The van der Waals surface area contributed by atoms with Crippen LogP contribution in [0.25, 0.3) is 6.08 Å². The molecule has 0 spiro atoms. The van der Waals surface area contributed by atoms with Crippen molar-refractivity contribution in [1.29, 1.82) is 0 Å². The minimum absolute atomic E-state index is 0.0531. The SMILES string of the molecule is CNS(=O)(=O)c1cc(/C=C/C(=O)OC(C)C(=O)NC(C)C)ccc1OC. The van der Waals surface area contributed by atoms with Gasteiger partial charge in [-0.1, -0.05) is 6.07 Å². The Morgan fingerprint density at radius 2 is 1.85 bits per heavy atom. The highest BCUT2D eigenvalue weighted by Gasteiger charge is 2.19. The van der Waals surface area contributed by atoms with Crippen molar-refractivity contribution < 1.29 is 27.5 Å². The van der Waals surface area contributed by atoms with Gasteiger partial charge in [0.25, 0.3) is 5.91 Å². The summed E-state index contributed by atoms with van der Waals surface area (Å²) in [5, 5.41) is 2.64. The molecule has 8 nitrogen and oxygen atoms in total. The normalized spacial score (nSPS) is 12.8. The van der Waals surface area contributed by atoms with Crippen LogP contribution in [0.15, 0.2) is 29.2 Å². The molecule has 0 fully saturated rings. The molecule has 1 atom stereocenters. The third-order valence-corrected chi connectivity index (χ3v) is 4.69. The van der Waals surface area contributed by atoms with Crippen molar-refractivity contribution in [2.45, 2.75) is 37.8 Å². The predicted molar refractivity (Wildman–Crippen MR) is 97.1 cm³/mol. The Kier molecular flexibility index (Phi) is 7.78. The molecule has 26 heavy (non-hydrogen) atoms. The van der Waals surface area contributed by atoms with E-state index >= 15 is 0 Å². The largest absolute Gasteiger partial charge is 0.495 e. The van der Waals surface area contributed by atoms with Gasteiger partial charge in [-0.05, 0) is 51.6 Å². The van der Waals surface area contributed by atoms with Crippen molar-refractivity contribution in [2.24, 2.45) is 0 Å². The molecular formula is C17H24N2O6S. The lowest BCUT2D eigenvalue weighted by molar-refractivity contribution is -0.150. The number of sulfonamides is 1. The number of esters is 1. The number of ether oxygens (including phenoxy) is 2. The van der Waals surface area contributed by atoms with Crippen molar-refractivity contribution >= 4 is 28.0 Å². The van der Waals surface area contributed by atoms with Gasteiger partial charge in [0.1, 0.15) is 10.6 Å². The van der Waals surface area contributed by atoms with Crippen molar-refractivity contribution in [2.75, 3.05) is 14.2 Å². The quantitative estimate of drug-likeness (QED) is 0.512. The molecule has 1 rings (SSSR count). The average Bonchev–Trinajstić information content (AvgIpc) is 2.59. The van der Waals surface area contributed by atoms with E-state index in [2.05, 4.69) is 10.0 Å². The van der Waals surface area contributed by atoms with Gasteiger partial charge in [0, 0.05) is 12.1 Å². The number of hydrogen-bond donors (Lipinski definition) is 2. The zero-order chi connectivity index (χ0) is 19.9. The highest BCUT2D eigenvalue weighted by Crippen LogP contribution is 2.25. The van der Waals surface area contributed by atoms with Gasteiger partial charge in [0.05, 0.1) is 7.11 Å². The summed E-state index contributed by atoms with van der Waals surface area (Å²) in [5.41, 5.74) is 0.455. The smallest absolute Gasteiger partial charge is 0.331 e. The molecule has 0 radical (unpaired) electrons. The highest BCUT2D eigenvalue weighted by atomic mass is 32.2. The van der Waals surface area contributed by atoms with E-state index < -0.39 is 28.0 Å². The molecule has 1 aromatic carbocycles. The van der Waals surface area contributed by atoms with Crippen LogP contribution in [0, 0.1) is 0 Å². The minimum atomic E-state index is -3.72. The first kappa shape index (κ1) is 21.7. The van der Waals surface area contributed by atoms with Crippen LogP contribution in [0.1, 0.15) is 26.3 Å². The number of carbonyl (C=O) groups excluding carboxylic acids is 2. The first-order valence-electron chi connectivity index (χ1n) is 7.91. The second-order valence-electron chi connectivity index (χ2n) is 5.69. The molecular weight excluding hydrogens is 360 g/mol. The van der Waals surface area contributed by atoms with E-state index in [-0.39, 0.29) is 16.7 Å². The second kappa shape index (κ2) is 9.35. The molecule has 0 bridgehead atoms. The van der Waals surface area contributed by atoms with Gasteiger partial charge in [-0.15, -0.1) is 0 Å². The maximum atomic E-state index is 12.0. The van der Waals surface area contributed by atoms with E-state index in [0.29, 0.717) is 5.56 Å². The van der Waals surface area contributed by atoms with E-state index in [0.717, 1.165) is 6.08 Å². The van der Waals surface area contributed by atoms with E-state index in [1.807, 2.05) is 0 Å². The number of benzene rings is 1. The van der Waals surface area contributed by atoms with E-state index in [1.165, 1.54) is 39.3 Å². The van der Waals surface area contributed by atoms with Crippen LogP contribution < -0.4 is 14.8 Å². The van der Waals surface area contributed by atoms with E-state index in [4.69, 9.17) is 9.47 Å². The molecule has 144 valence electrons. The Morgan fingerprint density at radius 3 is 2.38 bits per heavy atom. The Hall–Kier alpha value is -2.39. The monoisotopic (exact) mass is 384 g/mol. The Labute approximate surface area is 153 Å². The highest BCUT2D eigenvalue weighted by molar-refractivity contribution is 7.89. The summed E-state index contributed by atoms with van der Waals surface area (Å²) in [6, 6.07) is 4.37. The molecule has 2 N–H and O–H groups in total. The summed E-state index contributed by atoms with van der Waals surface area (Å²) in [6.45, 7) is 5.06. The van der Waals surface area contributed by atoms with Gasteiger partial charge in [0.15, 0.2) is 6.10 Å². The number of carbonyl (C=O) groups is 2. The molecule has 0 aliphatic rings. The number of nitrogens with one attached hydrogen (secondary N) is 2. The van der Waals surface area contributed by atoms with Gasteiger partial charge in [0.2, 0.25) is 10.0 Å². The first-order valence-corrected chi connectivity index (χ1v) is 9.39. The molecule has 0 saturated heterocycles. The molecule has 1 amide bonds. The third kappa shape index (κ3) is 6.16. The first-order chi connectivity index (χ1) is 12.1. The number of hydrogen-bond acceptors (Lipinski definition) is 6. The Bertz CT molecular complexity index is 786. The number of methoxy groups -OCH3 is 1. The molecule has 9 heteroatoms. The second-order valence-corrected chi connectivity index (χ2v) is 7.55. The summed E-state index contributed by atoms with van der Waals surface area (Å²) in [5.74, 6) is -0.933. The zero-order valence-electron chi connectivity index (χ0n) is 15.4. The standard InChI is InChI=1S/C17H24N2O6S/c1-11(2)19-17(21)12(3)25-16(20)9-7-13-6-8-14(24-5)15(10-13)26(22,23)18-4/h6-12,18H,1-5H3,(H,19,21)/b9-7+. The third-order valence-electron chi connectivity index (χ3n) is 3.25. The van der Waals surface area contributed by atoms with Crippen LogP contribution >= 0.6 is 0 Å². The van der Waals surface area contributed by atoms with Crippen LogP contribution in [0.3, 0.4) is 0 Å². The van der Waals surface area contributed by atoms with E-state index in [1.54, 1.807) is 19.9 Å². The summed E-state index contributed by atoms with van der Waals surface area (Å²) < 4.78 is 36.3. The maximum absolute atomic E-state index is 12.0. The van der Waals surface area contributed by atoms with Crippen LogP contribution in [0.4, 0.5) is 0 Å². The topological polar surface area (TPSA) is 111 Å². The molecule has 0 aliphatic heterocycles. The molecule has 0 aromatic heterocycles. The lowest BCUT2D eigenvalue weighted by Crippen LogP contribution is -2.39. The van der Waals surface area contributed by atoms with Crippen molar-refractivity contribution in [1.82, 2.24) is 10.0 Å². The lowest BCUT2D eigenvalue weighted by Gasteiger charge is -2.14. The summed E-state index contributed by atoms with van der Waals surface area (Å²) in [6.07, 6.45) is 1.57. The molecule has 0 aliphatic carbocycles. The fraction of sp³-hybridized carbons (Fsp3) is 0.412. The van der Waals surface area contributed by atoms with Crippen LogP contribution in [-0.2, 0) is 24.3 Å². The minimum Gasteiger partial charge on any atom is -0.495 e. The zero-order valence-corrected chi connectivity index (χ0v) is 16.2. The van der Waals surface area contributed by atoms with Crippen molar-refractivity contribution in [3.8, 4) is 5.75 Å². The van der Waals surface area contributed by atoms with Crippen LogP contribution in [-0.4, -0.2) is 46.6 Å². The lowest BCUT2D eigenvalue weighted by atomic mass is 10.2. The Morgan fingerprint density at radius 1 is 1.19 bits per heavy atom. The van der Waals surface area contributed by atoms with Gasteiger partial charge >= 0.3 is 5.97 Å². The average molecular weight is 384 g/mol. The molecule has 0 saturated carbocycles. The van der Waals surface area contributed by atoms with Crippen molar-refractivity contribution in [3.63, 3.8) is 0 Å². The fourth-order valence-electron chi connectivity index (χ4n) is 1.95. The summed E-state index contributed by atoms with van der Waals surface area (Å²) >= 11 is 0. The van der Waals surface area contributed by atoms with Gasteiger partial charge < -0.3 is 14.8 Å². The van der Waals surface area contributed by atoms with E-state index in [9.17, 15) is 18.0 Å². The molecule has 1 aromatic rings. The summed E-state index contributed by atoms with van der Waals surface area (Å²) in [7, 11) is -1.07. The fourth-order valence-corrected chi connectivity index (χ4v) is 2.88. The van der Waals surface area contributed by atoms with Gasteiger partial charge in [-0.2, -0.15) is 0 Å². The van der Waals surface area contributed by atoms with Crippen LogP contribution in [0.2, 0.25) is 0 Å². The molecule has 0 heterocycles. The Balaban J connectivity index is 2.90. The number of rotatable bonds is 8. The van der Waals surface area contributed by atoms with Crippen LogP contribution in [0.5, 0.6) is 5.75 Å². The van der Waals surface area contributed by atoms with Gasteiger partial charge in [-0.25, -0.2) is 17.9 Å². The van der Waals surface area contributed by atoms with Crippen molar-refractivity contribution in [3.05, 3.63) is 29.8 Å². The summed E-state index contributed by atoms with van der Waals surface area (Å²) in [4.78, 5) is 23.5. The number of amides is 1. The van der Waals surface area contributed by atoms with Gasteiger partial charge in [-0.3, -0.25) is 4.79 Å². The maximum Gasteiger partial charge on any atom is 0.331 e.